The van der Waals surface area contributed by atoms with Crippen molar-refractivity contribution in [2.75, 3.05) is 6.54 Å². The first-order chi connectivity index (χ1) is 9.70. The monoisotopic (exact) mass is 269 g/mol. The minimum atomic E-state index is 0.611. The van der Waals surface area contributed by atoms with Crippen LogP contribution in [-0.4, -0.2) is 12.6 Å². The lowest BCUT2D eigenvalue weighted by Crippen LogP contribution is -2.28. The van der Waals surface area contributed by atoms with E-state index in [1.807, 2.05) is 0 Å². The van der Waals surface area contributed by atoms with Gasteiger partial charge in [0.15, 0.2) is 0 Å². The topological polar surface area (TPSA) is 12.0 Å². The molecule has 0 amide bonds. The number of benzene rings is 2. The van der Waals surface area contributed by atoms with Crippen molar-refractivity contribution >= 4 is 10.8 Å². The number of hydrogen-bond donors (Lipinski definition) is 1. The minimum Gasteiger partial charge on any atom is -0.314 e. The van der Waals surface area contributed by atoms with Gasteiger partial charge in [-0.1, -0.05) is 56.3 Å². The molecule has 1 N–H and O–H groups in total. The Hall–Kier alpha value is -1.34. The molecule has 2 aromatic rings. The Balaban J connectivity index is 2.01. The number of rotatable bonds is 7. The van der Waals surface area contributed by atoms with Crippen LogP contribution >= 0.6 is 0 Å². The van der Waals surface area contributed by atoms with Gasteiger partial charge in [0.05, 0.1) is 0 Å². The number of hydrogen-bond acceptors (Lipinski definition) is 1. The van der Waals surface area contributed by atoms with Gasteiger partial charge < -0.3 is 5.32 Å². The quantitative estimate of drug-likeness (QED) is 0.761. The van der Waals surface area contributed by atoms with Crippen molar-refractivity contribution < 1.29 is 0 Å². The summed E-state index contributed by atoms with van der Waals surface area (Å²) in [5.41, 5.74) is 1.48. The molecule has 0 fully saturated rings. The van der Waals surface area contributed by atoms with E-state index in [0.29, 0.717) is 12.0 Å². The molecule has 0 aliphatic carbocycles. The zero-order valence-corrected chi connectivity index (χ0v) is 13.0. The van der Waals surface area contributed by atoms with Crippen LogP contribution in [-0.2, 0) is 6.42 Å². The molecule has 2 rings (SSSR count). The first kappa shape index (κ1) is 15.1. The molecule has 1 heteroatoms. The first-order valence-corrected chi connectivity index (χ1v) is 7.90. The van der Waals surface area contributed by atoms with Crippen LogP contribution in [0.1, 0.15) is 39.2 Å². The summed E-state index contributed by atoms with van der Waals surface area (Å²) in [6, 6.07) is 16.0. The average molecular weight is 269 g/mol. The van der Waals surface area contributed by atoms with Gasteiger partial charge in [-0.05, 0) is 55.0 Å². The van der Waals surface area contributed by atoms with Crippen molar-refractivity contribution in [3.63, 3.8) is 0 Å². The van der Waals surface area contributed by atoms with Crippen molar-refractivity contribution in [2.45, 2.75) is 46.1 Å². The lowest BCUT2D eigenvalue weighted by molar-refractivity contribution is 0.420. The van der Waals surface area contributed by atoms with Crippen molar-refractivity contribution in [3.05, 3.63) is 48.0 Å². The maximum atomic E-state index is 3.59. The Bertz CT molecular complexity index is 527. The summed E-state index contributed by atoms with van der Waals surface area (Å²) in [6.45, 7) is 8.02. The fourth-order valence-electron chi connectivity index (χ4n) is 3.01. The van der Waals surface area contributed by atoms with Crippen molar-refractivity contribution in [1.29, 1.82) is 0 Å². The third kappa shape index (κ3) is 4.08. The molecule has 0 aliphatic heterocycles. The third-order valence-electron chi connectivity index (χ3n) is 3.95. The molecule has 0 radical (unpaired) electrons. The highest BCUT2D eigenvalue weighted by Crippen LogP contribution is 2.22. The maximum absolute atomic E-state index is 3.59. The van der Waals surface area contributed by atoms with Crippen LogP contribution < -0.4 is 5.32 Å². The van der Waals surface area contributed by atoms with Crippen molar-refractivity contribution in [2.24, 2.45) is 5.92 Å². The Morgan fingerprint density at radius 1 is 1.00 bits per heavy atom. The number of nitrogens with one attached hydrogen (secondary N) is 1. The molecule has 2 unspecified atom stereocenters. The van der Waals surface area contributed by atoms with Gasteiger partial charge in [-0.3, -0.25) is 0 Å². The Morgan fingerprint density at radius 2 is 1.75 bits per heavy atom. The molecule has 2 atom stereocenters. The summed E-state index contributed by atoms with van der Waals surface area (Å²) in [4.78, 5) is 0. The standard InChI is InChI=1S/C19H27N/c1-4-12-20-16(3)13-15(2)14-18-10-7-9-17-8-5-6-11-19(17)18/h5-11,15-16,20H,4,12-14H2,1-3H3. The fraction of sp³-hybridized carbons (Fsp3) is 0.474. The van der Waals surface area contributed by atoms with Crippen LogP contribution in [0.15, 0.2) is 42.5 Å². The molecule has 20 heavy (non-hydrogen) atoms. The second kappa shape index (κ2) is 7.44. The van der Waals surface area contributed by atoms with Gasteiger partial charge >= 0.3 is 0 Å². The molecule has 108 valence electrons. The predicted octanol–water partition coefficient (Wildman–Crippen LogP) is 4.80. The average Bonchev–Trinajstić information content (AvgIpc) is 2.45. The van der Waals surface area contributed by atoms with E-state index in [4.69, 9.17) is 0 Å². The second-order valence-electron chi connectivity index (χ2n) is 6.04. The molecular formula is C19H27N. The molecular weight excluding hydrogens is 242 g/mol. The van der Waals surface area contributed by atoms with E-state index in [1.165, 1.54) is 35.6 Å². The van der Waals surface area contributed by atoms with Gasteiger partial charge in [0.2, 0.25) is 0 Å². The van der Waals surface area contributed by atoms with E-state index in [9.17, 15) is 0 Å². The van der Waals surface area contributed by atoms with Gasteiger partial charge in [-0.25, -0.2) is 0 Å². The van der Waals surface area contributed by atoms with E-state index < -0.39 is 0 Å². The molecule has 0 heterocycles. The Labute approximate surface area is 123 Å². The summed E-state index contributed by atoms with van der Waals surface area (Å²) in [7, 11) is 0. The van der Waals surface area contributed by atoms with Crippen LogP contribution in [0.25, 0.3) is 10.8 Å². The third-order valence-corrected chi connectivity index (χ3v) is 3.95. The highest BCUT2D eigenvalue weighted by molar-refractivity contribution is 5.85. The molecule has 0 aromatic heterocycles. The second-order valence-corrected chi connectivity index (χ2v) is 6.04. The highest BCUT2D eigenvalue weighted by atomic mass is 14.9. The highest BCUT2D eigenvalue weighted by Gasteiger charge is 2.10. The van der Waals surface area contributed by atoms with Crippen LogP contribution in [0, 0.1) is 5.92 Å². The minimum absolute atomic E-state index is 0.611. The molecule has 0 saturated carbocycles. The summed E-state index contributed by atoms with van der Waals surface area (Å²) < 4.78 is 0. The number of fused-ring (bicyclic) bond motifs is 1. The fourth-order valence-corrected chi connectivity index (χ4v) is 3.01. The zero-order valence-electron chi connectivity index (χ0n) is 13.0. The van der Waals surface area contributed by atoms with Crippen molar-refractivity contribution in [1.82, 2.24) is 5.32 Å². The van der Waals surface area contributed by atoms with Crippen LogP contribution in [0.3, 0.4) is 0 Å². The van der Waals surface area contributed by atoms with Gasteiger partial charge in [0, 0.05) is 6.04 Å². The van der Waals surface area contributed by atoms with E-state index in [-0.39, 0.29) is 0 Å². The van der Waals surface area contributed by atoms with E-state index in [0.717, 1.165) is 6.54 Å². The van der Waals surface area contributed by atoms with E-state index >= 15 is 0 Å². The van der Waals surface area contributed by atoms with E-state index in [1.54, 1.807) is 0 Å². The van der Waals surface area contributed by atoms with Gasteiger partial charge in [-0.15, -0.1) is 0 Å². The Morgan fingerprint density at radius 3 is 2.55 bits per heavy atom. The molecule has 0 saturated heterocycles. The van der Waals surface area contributed by atoms with Crippen molar-refractivity contribution in [3.8, 4) is 0 Å². The van der Waals surface area contributed by atoms with Crippen LogP contribution in [0.4, 0.5) is 0 Å². The van der Waals surface area contributed by atoms with Crippen LogP contribution in [0.5, 0.6) is 0 Å². The summed E-state index contributed by atoms with van der Waals surface area (Å²) in [5.74, 6) is 0.708. The summed E-state index contributed by atoms with van der Waals surface area (Å²) in [5, 5.41) is 6.36. The molecule has 1 nitrogen and oxygen atoms in total. The molecule has 0 spiro atoms. The van der Waals surface area contributed by atoms with Gasteiger partial charge in [-0.2, -0.15) is 0 Å². The lowest BCUT2D eigenvalue weighted by Gasteiger charge is -2.19. The predicted molar refractivity (Wildman–Crippen MR) is 89.2 cm³/mol. The van der Waals surface area contributed by atoms with Gasteiger partial charge in [0.25, 0.3) is 0 Å². The van der Waals surface area contributed by atoms with Gasteiger partial charge in [0.1, 0.15) is 0 Å². The SMILES string of the molecule is CCCNC(C)CC(C)Cc1cccc2ccccc12. The van der Waals surface area contributed by atoms with Crippen LogP contribution in [0.2, 0.25) is 0 Å². The molecule has 2 aromatic carbocycles. The van der Waals surface area contributed by atoms with E-state index in [2.05, 4.69) is 68.6 Å². The maximum Gasteiger partial charge on any atom is 0.00413 e. The normalized spacial score (nSPS) is 14.3. The summed E-state index contributed by atoms with van der Waals surface area (Å²) >= 11 is 0. The lowest BCUT2D eigenvalue weighted by atomic mass is 9.92. The largest absolute Gasteiger partial charge is 0.314 e. The first-order valence-electron chi connectivity index (χ1n) is 7.90. The summed E-state index contributed by atoms with van der Waals surface area (Å²) in [6.07, 6.45) is 3.62. The smallest absolute Gasteiger partial charge is 0.00413 e. The Kier molecular flexibility index (Phi) is 5.60. The zero-order chi connectivity index (χ0) is 14.4. The molecule has 0 bridgehead atoms. The molecule has 0 aliphatic rings.